The van der Waals surface area contributed by atoms with E-state index in [1.165, 1.54) is 24.8 Å². The SMILES string of the molecule is CCCC[C@H](c1ccccc1Cl)N1CCNCC1.Cl.Cl. The van der Waals surface area contributed by atoms with Gasteiger partial charge < -0.3 is 5.32 Å². The molecule has 1 aliphatic rings. The topological polar surface area (TPSA) is 15.3 Å². The molecule has 0 bridgehead atoms. The zero-order valence-electron chi connectivity index (χ0n) is 12.0. The van der Waals surface area contributed by atoms with Gasteiger partial charge in [-0.15, -0.1) is 24.8 Å². The Morgan fingerprint density at radius 1 is 1.20 bits per heavy atom. The second-order valence-electron chi connectivity index (χ2n) is 4.97. The van der Waals surface area contributed by atoms with E-state index in [9.17, 15) is 0 Å². The van der Waals surface area contributed by atoms with Gasteiger partial charge in [0.15, 0.2) is 0 Å². The minimum atomic E-state index is 0. The largest absolute Gasteiger partial charge is 0.314 e. The Kier molecular flexibility index (Phi) is 10.7. The van der Waals surface area contributed by atoms with E-state index in [2.05, 4.69) is 29.3 Å². The first-order valence-corrected chi connectivity index (χ1v) is 7.40. The van der Waals surface area contributed by atoms with Crippen molar-refractivity contribution in [1.82, 2.24) is 10.2 Å². The van der Waals surface area contributed by atoms with Crippen molar-refractivity contribution in [3.05, 3.63) is 34.9 Å². The van der Waals surface area contributed by atoms with Crippen LogP contribution in [0.5, 0.6) is 0 Å². The number of hydrogen-bond donors (Lipinski definition) is 1. The lowest BCUT2D eigenvalue weighted by molar-refractivity contribution is 0.163. The fraction of sp³-hybridized carbons (Fsp3) is 0.600. The molecule has 0 aliphatic carbocycles. The van der Waals surface area contributed by atoms with E-state index < -0.39 is 0 Å². The van der Waals surface area contributed by atoms with Crippen LogP contribution in [0.1, 0.15) is 37.8 Å². The Morgan fingerprint density at radius 2 is 1.85 bits per heavy atom. The van der Waals surface area contributed by atoms with Gasteiger partial charge in [0.1, 0.15) is 0 Å². The molecule has 0 aromatic heterocycles. The van der Waals surface area contributed by atoms with Crippen molar-refractivity contribution in [1.29, 1.82) is 0 Å². The molecule has 1 heterocycles. The Morgan fingerprint density at radius 3 is 2.45 bits per heavy atom. The molecule has 0 amide bonds. The summed E-state index contributed by atoms with van der Waals surface area (Å²) >= 11 is 6.37. The quantitative estimate of drug-likeness (QED) is 0.859. The lowest BCUT2D eigenvalue weighted by Crippen LogP contribution is -2.45. The Balaban J connectivity index is 0.00000180. The summed E-state index contributed by atoms with van der Waals surface area (Å²) in [4.78, 5) is 2.58. The van der Waals surface area contributed by atoms with Crippen LogP contribution < -0.4 is 5.32 Å². The fourth-order valence-electron chi connectivity index (χ4n) is 2.67. The van der Waals surface area contributed by atoms with Crippen LogP contribution in [-0.2, 0) is 0 Å². The van der Waals surface area contributed by atoms with Crippen molar-refractivity contribution < 1.29 is 0 Å². The van der Waals surface area contributed by atoms with Crippen LogP contribution in [0, 0.1) is 0 Å². The normalized spacial score (nSPS) is 16.9. The van der Waals surface area contributed by atoms with Crippen LogP contribution in [-0.4, -0.2) is 31.1 Å². The second kappa shape index (κ2) is 10.7. The highest BCUT2D eigenvalue weighted by Gasteiger charge is 2.23. The predicted molar refractivity (Wildman–Crippen MR) is 92.7 cm³/mol. The van der Waals surface area contributed by atoms with Crippen LogP contribution in [0.15, 0.2) is 24.3 Å². The van der Waals surface area contributed by atoms with E-state index in [4.69, 9.17) is 11.6 Å². The smallest absolute Gasteiger partial charge is 0.0453 e. The number of nitrogens with one attached hydrogen (secondary N) is 1. The van der Waals surface area contributed by atoms with Crippen molar-refractivity contribution in [3.8, 4) is 0 Å². The summed E-state index contributed by atoms with van der Waals surface area (Å²) in [7, 11) is 0. The van der Waals surface area contributed by atoms with Crippen LogP contribution >= 0.6 is 36.4 Å². The van der Waals surface area contributed by atoms with Crippen LogP contribution in [0.3, 0.4) is 0 Å². The number of hydrogen-bond acceptors (Lipinski definition) is 2. The third-order valence-corrected chi connectivity index (χ3v) is 4.03. The third-order valence-electron chi connectivity index (χ3n) is 3.69. The average molecular weight is 340 g/mol. The summed E-state index contributed by atoms with van der Waals surface area (Å²) in [5.74, 6) is 0. The zero-order valence-corrected chi connectivity index (χ0v) is 14.4. The number of unbranched alkanes of at least 4 members (excludes halogenated alkanes) is 1. The van der Waals surface area contributed by atoms with Gasteiger partial charge in [-0.3, -0.25) is 4.90 Å². The molecule has 0 spiro atoms. The summed E-state index contributed by atoms with van der Waals surface area (Å²) < 4.78 is 0. The lowest BCUT2D eigenvalue weighted by Gasteiger charge is -2.35. The maximum absolute atomic E-state index is 6.37. The molecule has 2 rings (SSSR count). The Bertz CT molecular complexity index is 368. The van der Waals surface area contributed by atoms with Gasteiger partial charge in [0.2, 0.25) is 0 Å². The molecular formula is C15H25Cl3N2. The minimum absolute atomic E-state index is 0. The standard InChI is InChI=1S/C15H23ClN2.2ClH/c1-2-3-8-15(18-11-9-17-10-12-18)13-6-4-5-7-14(13)16;;/h4-7,15,17H,2-3,8-12H2,1H3;2*1H/t15-;;/m1../s1. The Labute approximate surface area is 140 Å². The highest BCUT2D eigenvalue weighted by Crippen LogP contribution is 2.31. The number of nitrogens with zero attached hydrogens (tertiary/aromatic N) is 1. The molecule has 20 heavy (non-hydrogen) atoms. The number of halogens is 3. The van der Waals surface area contributed by atoms with Crippen molar-refractivity contribution in [2.45, 2.75) is 32.2 Å². The van der Waals surface area contributed by atoms with Gasteiger partial charge in [-0.1, -0.05) is 49.6 Å². The monoisotopic (exact) mass is 338 g/mol. The van der Waals surface area contributed by atoms with Gasteiger partial charge >= 0.3 is 0 Å². The lowest BCUT2D eigenvalue weighted by atomic mass is 9.98. The van der Waals surface area contributed by atoms with Gasteiger partial charge in [0.05, 0.1) is 0 Å². The molecule has 116 valence electrons. The molecule has 1 aromatic carbocycles. The number of benzene rings is 1. The summed E-state index contributed by atoms with van der Waals surface area (Å²) in [6.45, 7) is 6.68. The molecule has 0 unspecified atom stereocenters. The summed E-state index contributed by atoms with van der Waals surface area (Å²) in [6.07, 6.45) is 3.72. The van der Waals surface area contributed by atoms with Crippen LogP contribution in [0.4, 0.5) is 0 Å². The predicted octanol–water partition coefficient (Wildman–Crippen LogP) is 4.32. The first-order chi connectivity index (χ1) is 8.83. The van der Waals surface area contributed by atoms with E-state index in [-0.39, 0.29) is 24.8 Å². The third kappa shape index (κ3) is 5.42. The molecule has 0 radical (unpaired) electrons. The van der Waals surface area contributed by atoms with Crippen molar-refractivity contribution in [2.24, 2.45) is 0 Å². The van der Waals surface area contributed by atoms with Gasteiger partial charge in [-0.25, -0.2) is 0 Å². The highest BCUT2D eigenvalue weighted by molar-refractivity contribution is 6.31. The van der Waals surface area contributed by atoms with Crippen molar-refractivity contribution >= 4 is 36.4 Å². The molecule has 1 aromatic rings. The molecule has 1 atom stereocenters. The summed E-state index contributed by atoms with van der Waals surface area (Å²) in [5.41, 5.74) is 1.30. The molecule has 0 saturated carbocycles. The highest BCUT2D eigenvalue weighted by atomic mass is 35.5. The number of rotatable bonds is 5. The Hall–Kier alpha value is 0.01000. The van der Waals surface area contributed by atoms with E-state index in [0.717, 1.165) is 31.2 Å². The van der Waals surface area contributed by atoms with Crippen molar-refractivity contribution in [3.63, 3.8) is 0 Å². The van der Waals surface area contributed by atoms with E-state index in [0.29, 0.717) is 6.04 Å². The first kappa shape index (κ1) is 20.0. The molecule has 1 aliphatic heterocycles. The molecule has 1 saturated heterocycles. The molecule has 1 fully saturated rings. The summed E-state index contributed by atoms with van der Waals surface area (Å²) in [6, 6.07) is 8.80. The molecule has 5 heteroatoms. The summed E-state index contributed by atoms with van der Waals surface area (Å²) in [5, 5.41) is 4.33. The minimum Gasteiger partial charge on any atom is -0.314 e. The molecular weight excluding hydrogens is 315 g/mol. The van der Waals surface area contributed by atoms with E-state index in [1.807, 2.05) is 12.1 Å². The molecule has 1 N–H and O–H groups in total. The fourth-order valence-corrected chi connectivity index (χ4v) is 2.93. The van der Waals surface area contributed by atoms with Gasteiger partial charge in [0.25, 0.3) is 0 Å². The zero-order chi connectivity index (χ0) is 12.8. The van der Waals surface area contributed by atoms with E-state index >= 15 is 0 Å². The first-order valence-electron chi connectivity index (χ1n) is 7.02. The van der Waals surface area contributed by atoms with Crippen LogP contribution in [0.25, 0.3) is 0 Å². The van der Waals surface area contributed by atoms with Gasteiger partial charge in [-0.2, -0.15) is 0 Å². The van der Waals surface area contributed by atoms with E-state index in [1.54, 1.807) is 0 Å². The second-order valence-corrected chi connectivity index (χ2v) is 5.37. The van der Waals surface area contributed by atoms with Gasteiger partial charge in [0, 0.05) is 37.2 Å². The van der Waals surface area contributed by atoms with Gasteiger partial charge in [-0.05, 0) is 18.1 Å². The maximum atomic E-state index is 6.37. The van der Waals surface area contributed by atoms with Crippen LogP contribution in [0.2, 0.25) is 5.02 Å². The van der Waals surface area contributed by atoms with Crippen molar-refractivity contribution in [2.75, 3.05) is 26.2 Å². The number of piperazine rings is 1. The molecule has 2 nitrogen and oxygen atoms in total. The maximum Gasteiger partial charge on any atom is 0.0453 e. The average Bonchev–Trinajstić information content (AvgIpc) is 2.42.